The molecule has 1 amide bonds. The Morgan fingerprint density at radius 3 is 2.56 bits per heavy atom. The molecule has 0 bridgehead atoms. The minimum Gasteiger partial charge on any atom is -0.401 e. The number of nitrogens with one attached hydrogen (secondary N) is 1. The monoisotopic (exact) mass is 230 g/mol. The molecule has 1 saturated heterocycles. The smallest absolute Gasteiger partial charge is 0.256 e. The van der Waals surface area contributed by atoms with Crippen molar-refractivity contribution in [3.63, 3.8) is 0 Å². The summed E-state index contributed by atoms with van der Waals surface area (Å²) >= 11 is 2.72. The average molecular weight is 230 g/mol. The first kappa shape index (κ1) is 11.7. The number of rotatable bonds is 4. The summed E-state index contributed by atoms with van der Waals surface area (Å²) in [4.78, 5) is 10.3. The van der Waals surface area contributed by atoms with Crippen molar-refractivity contribution in [3.8, 4) is 0 Å². The number of nitrogens with zero attached hydrogens (tertiary/aromatic N) is 1. The van der Waals surface area contributed by atoms with Crippen LogP contribution < -0.4 is 5.32 Å². The molecule has 1 aromatic carbocycles. The zero-order valence-electron chi connectivity index (χ0n) is 9.39. The maximum Gasteiger partial charge on any atom is 0.256 e. The molecule has 0 spiro atoms. The van der Waals surface area contributed by atoms with Crippen LogP contribution in [0.15, 0.2) is 24.3 Å². The normalized spacial score (nSPS) is 18.8. The molecular weight excluding hydrogens is 215 g/mol. The molecule has 2 rings (SSSR count). The predicted molar refractivity (Wildman–Crippen MR) is 64.1 cm³/mol. The number of amides is 1. The molecule has 1 fully saturated rings. The van der Waals surface area contributed by atoms with E-state index < -0.39 is 0 Å². The molecule has 0 saturated carbocycles. The van der Waals surface area contributed by atoms with Crippen LogP contribution in [0, 0.1) is 0 Å². The van der Waals surface area contributed by atoms with Crippen LogP contribution in [-0.2, 0) is 4.79 Å². The van der Waals surface area contributed by atoms with Crippen LogP contribution in [0.4, 0.5) is 0 Å². The van der Waals surface area contributed by atoms with Gasteiger partial charge in [0.15, 0.2) is 0 Å². The Morgan fingerprint density at radius 1 is 1.44 bits per heavy atom. The van der Waals surface area contributed by atoms with Crippen molar-refractivity contribution in [2.75, 3.05) is 13.1 Å². The Labute approximate surface area is 104 Å². The van der Waals surface area contributed by atoms with Gasteiger partial charge in [0.1, 0.15) is 0 Å². The van der Waals surface area contributed by atoms with E-state index in [-0.39, 0.29) is 6.04 Å². The second kappa shape index (κ2) is 5.01. The zero-order chi connectivity index (χ0) is 11.5. The molecule has 0 aliphatic carbocycles. The molecule has 1 N–H and O–H groups in total. The molecule has 1 aliphatic rings. The van der Waals surface area contributed by atoms with Crippen LogP contribution in [0.5, 0.6) is 0 Å². The number of benzene rings is 1. The van der Waals surface area contributed by atoms with Crippen LogP contribution in [0.25, 0.3) is 0 Å². The summed E-state index contributed by atoms with van der Waals surface area (Å²) in [5, 5.41) is 2.75. The summed E-state index contributed by atoms with van der Waals surface area (Å²) in [6.45, 7) is 4.22. The van der Waals surface area contributed by atoms with E-state index in [1.54, 1.807) is 0 Å². The zero-order valence-corrected chi connectivity index (χ0v) is 10.5. The Balaban J connectivity index is 2.01. The Hall–Kier alpha value is -0.818. The van der Waals surface area contributed by atoms with Gasteiger partial charge in [0.2, 0.25) is 6.41 Å². The van der Waals surface area contributed by atoms with Gasteiger partial charge in [0.05, 0.1) is 6.04 Å². The summed E-state index contributed by atoms with van der Waals surface area (Å²) in [5.41, 5.74) is 2.54. The molecule has 2 radical (unpaired) electrons. The molecule has 1 aromatic rings. The number of hydrogen-bond donors (Lipinski definition) is 1. The van der Waals surface area contributed by atoms with Crippen molar-refractivity contribution in [2.45, 2.75) is 18.9 Å². The minimum absolute atomic E-state index is 0.0890. The van der Waals surface area contributed by atoms with E-state index in [1.165, 1.54) is 5.56 Å². The topological polar surface area (TPSA) is 32.3 Å². The molecule has 4 heteroatoms. The van der Waals surface area contributed by atoms with Crippen molar-refractivity contribution in [2.24, 2.45) is 0 Å². The number of hydrogen-bond acceptors (Lipinski definition) is 2. The van der Waals surface area contributed by atoms with Crippen molar-refractivity contribution < 1.29 is 4.79 Å². The molecular formula is C12H15AlN2O. The van der Waals surface area contributed by atoms with Crippen LogP contribution in [0.3, 0.4) is 0 Å². The Bertz CT molecular complexity index is 360. The highest BCUT2D eigenvalue weighted by Gasteiger charge is 2.23. The van der Waals surface area contributed by atoms with Gasteiger partial charge in [-0.25, -0.2) is 0 Å². The molecule has 1 unspecified atom stereocenters. The molecule has 82 valence electrons. The maximum atomic E-state index is 10.3. The van der Waals surface area contributed by atoms with Gasteiger partial charge in [0.25, 0.3) is 16.5 Å². The van der Waals surface area contributed by atoms with E-state index in [9.17, 15) is 4.79 Å². The third-order valence-electron chi connectivity index (χ3n) is 3.14. The van der Waals surface area contributed by atoms with Crippen LogP contribution in [-0.4, -0.2) is 39.9 Å². The highest BCUT2D eigenvalue weighted by atomic mass is 27.1. The molecule has 1 heterocycles. The van der Waals surface area contributed by atoms with Crippen molar-refractivity contribution in [1.82, 2.24) is 9.20 Å². The first-order chi connectivity index (χ1) is 7.70. The van der Waals surface area contributed by atoms with E-state index in [1.807, 2.05) is 6.92 Å². The Morgan fingerprint density at radius 2 is 2.06 bits per heavy atom. The van der Waals surface area contributed by atoms with E-state index in [2.05, 4.69) is 50.0 Å². The quantitative estimate of drug-likeness (QED) is 0.617. The van der Waals surface area contributed by atoms with Gasteiger partial charge in [-0.2, -0.15) is 0 Å². The summed E-state index contributed by atoms with van der Waals surface area (Å²) in [6, 6.07) is 8.62. The van der Waals surface area contributed by atoms with Crippen LogP contribution >= 0.6 is 0 Å². The summed E-state index contributed by atoms with van der Waals surface area (Å²) in [5.74, 6) is 0.667. The fourth-order valence-corrected chi connectivity index (χ4v) is 2.49. The van der Waals surface area contributed by atoms with E-state index in [0.717, 1.165) is 25.1 Å². The standard InChI is InChI=1S/C12H15N2O.Al/c1-9(14-8-15)10-2-4-11(5-3-10)12-6-13-7-12;/h2-5,8-9,12H,6-7H2,1H3,(H,14,15);/q-1;+1. The van der Waals surface area contributed by atoms with Gasteiger partial charge in [-0.1, -0.05) is 24.3 Å². The minimum atomic E-state index is 0.0890. The third-order valence-corrected chi connectivity index (χ3v) is 3.56. The average Bonchev–Trinajstić information content (AvgIpc) is 2.25. The second-order valence-electron chi connectivity index (χ2n) is 4.32. The van der Waals surface area contributed by atoms with Crippen LogP contribution in [0.1, 0.15) is 30.0 Å². The highest BCUT2D eigenvalue weighted by Crippen LogP contribution is 2.26. The first-order valence-electron chi connectivity index (χ1n) is 5.50. The summed E-state index contributed by atoms with van der Waals surface area (Å²) in [6.07, 6.45) is 0.747. The van der Waals surface area contributed by atoms with Gasteiger partial charge in [0, 0.05) is 5.92 Å². The van der Waals surface area contributed by atoms with Gasteiger partial charge in [-0.05, 0) is 31.1 Å². The highest BCUT2D eigenvalue weighted by molar-refractivity contribution is 6.05. The molecule has 16 heavy (non-hydrogen) atoms. The Kier molecular flexibility index (Phi) is 3.65. The van der Waals surface area contributed by atoms with Crippen molar-refractivity contribution >= 4 is 22.9 Å². The largest absolute Gasteiger partial charge is 0.401 e. The SMILES string of the molecule is CC(NC=O)c1ccc(C2C[N]([Al])C2)cc1. The van der Waals surface area contributed by atoms with Gasteiger partial charge < -0.3 is 9.20 Å². The van der Waals surface area contributed by atoms with E-state index >= 15 is 0 Å². The van der Waals surface area contributed by atoms with Gasteiger partial charge in [-0.3, -0.25) is 4.79 Å². The molecule has 0 aromatic heterocycles. The second-order valence-corrected chi connectivity index (χ2v) is 5.05. The summed E-state index contributed by atoms with van der Waals surface area (Å²) in [7, 11) is 0. The predicted octanol–water partition coefficient (Wildman–Crippen LogP) is 0.976. The number of carbonyl (C=O) groups excluding carboxylic acids is 1. The van der Waals surface area contributed by atoms with Gasteiger partial charge >= 0.3 is 0 Å². The number of carbonyl (C=O) groups is 1. The lowest BCUT2D eigenvalue weighted by atomic mass is 9.92. The lowest BCUT2D eigenvalue weighted by Gasteiger charge is -2.38. The molecule has 1 atom stereocenters. The maximum absolute atomic E-state index is 10.3. The fourth-order valence-electron chi connectivity index (χ4n) is 1.98. The first-order valence-corrected chi connectivity index (χ1v) is 6.01. The fraction of sp³-hybridized carbons (Fsp3) is 0.417. The molecule has 1 aliphatic heterocycles. The molecule has 3 nitrogen and oxygen atoms in total. The van der Waals surface area contributed by atoms with Crippen molar-refractivity contribution in [1.29, 1.82) is 0 Å². The third kappa shape index (κ3) is 2.46. The van der Waals surface area contributed by atoms with Crippen LogP contribution in [0.2, 0.25) is 0 Å². The van der Waals surface area contributed by atoms with E-state index in [0.29, 0.717) is 5.92 Å². The lowest BCUT2D eigenvalue weighted by molar-refractivity contribution is -0.110. The van der Waals surface area contributed by atoms with Crippen molar-refractivity contribution in [3.05, 3.63) is 35.4 Å². The lowest BCUT2D eigenvalue weighted by Crippen LogP contribution is -2.42. The van der Waals surface area contributed by atoms with E-state index in [4.69, 9.17) is 0 Å². The van der Waals surface area contributed by atoms with Gasteiger partial charge in [-0.15, -0.1) is 0 Å². The summed E-state index contributed by atoms with van der Waals surface area (Å²) < 4.78 is 2.23.